The van der Waals surface area contributed by atoms with Gasteiger partial charge in [0.2, 0.25) is 5.76 Å². The second kappa shape index (κ2) is 7.64. The van der Waals surface area contributed by atoms with Crippen LogP contribution in [0.4, 0.5) is 26.3 Å². The maximum absolute atomic E-state index is 12.8. The molecule has 11 heteroatoms. The van der Waals surface area contributed by atoms with E-state index in [9.17, 15) is 31.1 Å². The molecule has 0 aliphatic heterocycles. The molecule has 1 aromatic carbocycles. The van der Waals surface area contributed by atoms with Crippen molar-refractivity contribution in [2.24, 2.45) is 0 Å². The number of hydrogen-bond acceptors (Lipinski definition) is 4. The Hall–Kier alpha value is -3.24. The van der Waals surface area contributed by atoms with Crippen LogP contribution in [0.5, 0.6) is 0 Å². The van der Waals surface area contributed by atoms with Crippen molar-refractivity contribution in [2.45, 2.75) is 25.5 Å². The van der Waals surface area contributed by atoms with Gasteiger partial charge in [-0.25, -0.2) is 9.78 Å². The summed E-state index contributed by atoms with van der Waals surface area (Å²) in [5, 5.41) is 0. The monoisotopic (exact) mass is 418 g/mol. The number of hydrogen-bond donors (Lipinski definition) is 0. The predicted octanol–water partition coefficient (Wildman–Crippen LogP) is 5.08. The van der Waals surface area contributed by atoms with E-state index < -0.39 is 37.0 Å². The smallest absolute Gasteiger partial charge is 0.416 e. The third-order valence-electron chi connectivity index (χ3n) is 3.77. The Labute approximate surface area is 159 Å². The summed E-state index contributed by atoms with van der Waals surface area (Å²) in [7, 11) is 0. The summed E-state index contributed by atoms with van der Waals surface area (Å²) in [6.07, 6.45) is -6.79. The molecule has 0 atom stereocenters. The molecule has 2 aromatic heterocycles. The summed E-state index contributed by atoms with van der Waals surface area (Å²) in [5.74, 6) is -1.43. The number of imidazole rings is 1. The lowest BCUT2D eigenvalue weighted by atomic mass is 10.1. The van der Waals surface area contributed by atoms with Crippen LogP contribution >= 0.6 is 0 Å². The minimum atomic E-state index is -4.54. The van der Waals surface area contributed by atoms with Gasteiger partial charge in [-0.15, -0.1) is 0 Å². The van der Waals surface area contributed by atoms with Crippen molar-refractivity contribution in [2.75, 3.05) is 0 Å². The average molecular weight is 418 g/mol. The first kappa shape index (κ1) is 20.5. The lowest BCUT2D eigenvalue weighted by molar-refractivity contribution is -0.141. The maximum atomic E-state index is 12.8. The van der Waals surface area contributed by atoms with E-state index in [1.54, 1.807) is 0 Å². The number of aromatic nitrogens is 2. The molecule has 3 rings (SSSR count). The number of furan rings is 1. The lowest BCUT2D eigenvalue weighted by Gasteiger charge is -2.10. The number of nitrogens with zero attached hydrogens (tertiary/aromatic N) is 2. The van der Waals surface area contributed by atoms with E-state index in [-0.39, 0.29) is 22.9 Å². The van der Waals surface area contributed by atoms with Crippen molar-refractivity contribution in [3.63, 3.8) is 0 Å². The van der Waals surface area contributed by atoms with Crippen LogP contribution in [0.15, 0.2) is 53.2 Å². The number of ether oxygens (including phenoxy) is 1. The van der Waals surface area contributed by atoms with E-state index in [0.717, 1.165) is 29.1 Å². The summed E-state index contributed by atoms with van der Waals surface area (Å²) >= 11 is 0. The fourth-order valence-corrected chi connectivity index (χ4v) is 2.47. The Morgan fingerprint density at radius 3 is 2.55 bits per heavy atom. The van der Waals surface area contributed by atoms with Gasteiger partial charge in [0.1, 0.15) is 24.7 Å². The molecule has 2 heterocycles. The molecule has 0 saturated heterocycles. The molecule has 0 bridgehead atoms. The summed E-state index contributed by atoms with van der Waals surface area (Å²) in [6.45, 7) is -1.83. The Morgan fingerprint density at radius 2 is 1.86 bits per heavy atom. The number of carbonyl (C=O) groups is 1. The fraction of sp³-hybridized carbons (Fsp3) is 0.222. The highest BCUT2D eigenvalue weighted by Gasteiger charge is 2.31. The molecule has 0 amide bonds. The molecular formula is C18H12F6N2O3. The third-order valence-corrected chi connectivity index (χ3v) is 3.77. The standard InChI is InChI=1S/C18H12F6N2O3/c19-17(20,21)10-26-7-6-25-15(26)9-28-16(27)14-5-4-13(29-14)11-2-1-3-12(8-11)18(22,23)24/h1-8H,9-10H2. The zero-order chi connectivity index (χ0) is 21.2. The molecular weight excluding hydrogens is 406 g/mol. The molecule has 0 aliphatic carbocycles. The van der Waals surface area contributed by atoms with Crippen LogP contribution in [0.25, 0.3) is 11.3 Å². The largest absolute Gasteiger partial charge is 0.452 e. The lowest BCUT2D eigenvalue weighted by Crippen LogP contribution is -2.19. The first-order valence-corrected chi connectivity index (χ1v) is 8.04. The Morgan fingerprint density at radius 1 is 1.10 bits per heavy atom. The zero-order valence-electron chi connectivity index (χ0n) is 14.4. The van der Waals surface area contributed by atoms with E-state index in [1.807, 2.05) is 0 Å². The average Bonchev–Trinajstić information content (AvgIpc) is 3.27. The Balaban J connectivity index is 1.69. The highest BCUT2D eigenvalue weighted by atomic mass is 19.4. The summed E-state index contributed by atoms with van der Waals surface area (Å²) in [6, 6.07) is 6.81. The van der Waals surface area contributed by atoms with Gasteiger partial charge in [-0.05, 0) is 24.3 Å². The van der Waals surface area contributed by atoms with E-state index in [4.69, 9.17) is 9.15 Å². The second-order valence-electron chi connectivity index (χ2n) is 5.91. The molecule has 0 aliphatic rings. The minimum Gasteiger partial charge on any atom is -0.452 e. The fourth-order valence-electron chi connectivity index (χ4n) is 2.47. The SMILES string of the molecule is O=C(OCc1nccn1CC(F)(F)F)c1ccc(-c2cccc(C(F)(F)F)c2)o1. The molecule has 5 nitrogen and oxygen atoms in total. The molecule has 0 radical (unpaired) electrons. The van der Waals surface area contributed by atoms with Gasteiger partial charge in [0.25, 0.3) is 0 Å². The minimum absolute atomic E-state index is 0.00150. The Kier molecular flexibility index (Phi) is 5.40. The van der Waals surface area contributed by atoms with Crippen molar-refractivity contribution in [3.05, 3.63) is 65.9 Å². The number of alkyl halides is 6. The van der Waals surface area contributed by atoms with Crippen molar-refractivity contribution in [3.8, 4) is 11.3 Å². The van der Waals surface area contributed by atoms with Crippen molar-refractivity contribution in [1.82, 2.24) is 9.55 Å². The highest BCUT2D eigenvalue weighted by molar-refractivity contribution is 5.87. The van der Waals surface area contributed by atoms with Crippen LogP contribution in [0.3, 0.4) is 0 Å². The predicted molar refractivity (Wildman–Crippen MR) is 86.5 cm³/mol. The van der Waals surface area contributed by atoms with Gasteiger partial charge >= 0.3 is 18.3 Å². The molecule has 154 valence electrons. The van der Waals surface area contributed by atoms with Gasteiger partial charge < -0.3 is 13.7 Å². The van der Waals surface area contributed by atoms with Crippen LogP contribution in [0.1, 0.15) is 21.9 Å². The molecule has 0 unspecified atom stereocenters. The third kappa shape index (κ3) is 5.18. The zero-order valence-corrected chi connectivity index (χ0v) is 14.4. The van der Waals surface area contributed by atoms with Gasteiger partial charge in [-0.2, -0.15) is 26.3 Å². The first-order valence-electron chi connectivity index (χ1n) is 8.04. The second-order valence-corrected chi connectivity index (χ2v) is 5.91. The summed E-state index contributed by atoms with van der Waals surface area (Å²) in [5.41, 5.74) is -0.786. The van der Waals surface area contributed by atoms with Gasteiger partial charge in [-0.3, -0.25) is 0 Å². The first-order chi connectivity index (χ1) is 13.5. The van der Waals surface area contributed by atoms with Gasteiger partial charge in [-0.1, -0.05) is 12.1 Å². The van der Waals surface area contributed by atoms with Crippen molar-refractivity contribution < 1.29 is 40.3 Å². The number of halogens is 6. The molecule has 0 spiro atoms. The summed E-state index contributed by atoms with van der Waals surface area (Å²) < 4.78 is 86.8. The van der Waals surface area contributed by atoms with Gasteiger partial charge in [0.05, 0.1) is 5.56 Å². The van der Waals surface area contributed by atoms with E-state index in [2.05, 4.69) is 4.98 Å². The molecule has 0 fully saturated rings. The van der Waals surface area contributed by atoms with Crippen LogP contribution < -0.4 is 0 Å². The van der Waals surface area contributed by atoms with E-state index in [1.165, 1.54) is 24.3 Å². The van der Waals surface area contributed by atoms with Crippen molar-refractivity contribution in [1.29, 1.82) is 0 Å². The van der Waals surface area contributed by atoms with E-state index in [0.29, 0.717) is 0 Å². The molecule has 3 aromatic rings. The van der Waals surface area contributed by atoms with E-state index >= 15 is 0 Å². The molecule has 0 saturated carbocycles. The maximum Gasteiger partial charge on any atom is 0.416 e. The normalized spacial score (nSPS) is 12.2. The van der Waals surface area contributed by atoms with Crippen LogP contribution in [0.2, 0.25) is 0 Å². The van der Waals surface area contributed by atoms with Gasteiger partial charge in [0, 0.05) is 18.0 Å². The number of benzene rings is 1. The van der Waals surface area contributed by atoms with Crippen LogP contribution in [0, 0.1) is 0 Å². The summed E-state index contributed by atoms with van der Waals surface area (Å²) in [4.78, 5) is 15.8. The van der Waals surface area contributed by atoms with Crippen LogP contribution in [-0.2, 0) is 24.1 Å². The quantitative estimate of drug-likeness (QED) is 0.428. The van der Waals surface area contributed by atoms with Crippen LogP contribution in [-0.4, -0.2) is 21.7 Å². The molecule has 0 N–H and O–H groups in total. The number of carbonyl (C=O) groups excluding carboxylic acids is 1. The number of rotatable bonds is 5. The highest BCUT2D eigenvalue weighted by Crippen LogP contribution is 2.32. The topological polar surface area (TPSA) is 57.3 Å². The van der Waals surface area contributed by atoms with Gasteiger partial charge in [0.15, 0.2) is 0 Å². The Bertz CT molecular complexity index is 1000. The molecule has 29 heavy (non-hydrogen) atoms. The number of esters is 1. The van der Waals surface area contributed by atoms with Crippen molar-refractivity contribution >= 4 is 5.97 Å².